The topological polar surface area (TPSA) is 49.4 Å². The van der Waals surface area contributed by atoms with E-state index in [1.807, 2.05) is 17.0 Å². The fourth-order valence-corrected chi connectivity index (χ4v) is 4.29. The minimum Gasteiger partial charge on any atom is -0.317 e. The van der Waals surface area contributed by atoms with E-state index in [0.29, 0.717) is 18.8 Å². The molecule has 3 heterocycles. The van der Waals surface area contributed by atoms with Crippen molar-refractivity contribution in [2.45, 2.75) is 44.9 Å². The highest BCUT2D eigenvalue weighted by Crippen LogP contribution is 2.38. The van der Waals surface area contributed by atoms with Gasteiger partial charge in [-0.15, -0.1) is 0 Å². The second-order valence-corrected chi connectivity index (χ2v) is 7.12. The molecule has 1 saturated heterocycles. The van der Waals surface area contributed by atoms with Crippen molar-refractivity contribution in [3.8, 4) is 0 Å². The molecule has 4 heteroatoms. The zero-order valence-electron chi connectivity index (χ0n) is 13.6. The molecule has 0 bridgehead atoms. The van der Waals surface area contributed by atoms with E-state index >= 15 is 0 Å². The monoisotopic (exact) mass is 312 g/mol. The number of nitrogens with one attached hydrogen (secondary N) is 1. The van der Waals surface area contributed by atoms with Crippen molar-refractivity contribution in [2.24, 2.45) is 5.92 Å². The summed E-state index contributed by atoms with van der Waals surface area (Å²) in [6.07, 6.45) is 6.47. The summed E-state index contributed by atoms with van der Waals surface area (Å²) in [5.74, 6) is 1.13. The molecule has 0 saturated carbocycles. The predicted molar refractivity (Wildman–Crippen MR) is 90.0 cm³/mol. The highest BCUT2D eigenvalue weighted by molar-refractivity contribution is 6.05. The molecule has 1 aromatic carbocycles. The Morgan fingerprint density at radius 1 is 1.22 bits per heavy atom. The van der Waals surface area contributed by atoms with Crippen LogP contribution in [0.4, 0.5) is 5.69 Å². The molecule has 0 aromatic heterocycles. The smallest absolute Gasteiger partial charge is 0.231 e. The van der Waals surface area contributed by atoms with Gasteiger partial charge in [-0.05, 0) is 74.4 Å². The maximum absolute atomic E-state index is 12.6. The average Bonchev–Trinajstić information content (AvgIpc) is 2.91. The van der Waals surface area contributed by atoms with Gasteiger partial charge < -0.3 is 10.2 Å². The first kappa shape index (κ1) is 14.9. The Morgan fingerprint density at radius 3 is 2.83 bits per heavy atom. The molecule has 1 N–H and O–H groups in total. The molecule has 3 aliphatic heterocycles. The molecule has 122 valence electrons. The van der Waals surface area contributed by atoms with Gasteiger partial charge in [-0.25, -0.2) is 0 Å². The summed E-state index contributed by atoms with van der Waals surface area (Å²) in [4.78, 5) is 26.6. The Balaban J connectivity index is 1.50. The third-order valence-corrected chi connectivity index (χ3v) is 5.57. The van der Waals surface area contributed by atoms with Crippen LogP contribution in [0, 0.1) is 5.92 Å². The highest BCUT2D eigenvalue weighted by Gasteiger charge is 2.32. The van der Waals surface area contributed by atoms with Crippen molar-refractivity contribution >= 4 is 17.4 Å². The number of rotatable bonds is 4. The van der Waals surface area contributed by atoms with E-state index in [-0.39, 0.29) is 11.7 Å². The minimum absolute atomic E-state index is 0.195. The molecule has 0 aliphatic carbocycles. The minimum atomic E-state index is 0.195. The van der Waals surface area contributed by atoms with Gasteiger partial charge in [0, 0.05) is 18.5 Å². The summed E-state index contributed by atoms with van der Waals surface area (Å²) in [5, 5.41) is 3.37. The molecule has 0 radical (unpaired) electrons. The van der Waals surface area contributed by atoms with Gasteiger partial charge in [-0.1, -0.05) is 0 Å². The van der Waals surface area contributed by atoms with E-state index in [2.05, 4.69) is 5.32 Å². The molecule has 1 aromatic rings. The molecule has 0 unspecified atom stereocenters. The molecule has 0 spiro atoms. The number of hydrogen-bond donors (Lipinski definition) is 1. The normalized spacial score (nSPS) is 20.7. The summed E-state index contributed by atoms with van der Waals surface area (Å²) in [7, 11) is 0. The van der Waals surface area contributed by atoms with Crippen molar-refractivity contribution in [1.82, 2.24) is 5.32 Å². The SMILES string of the molecule is O=C(CCC1CCNCC1)c1cc2c3c(c1)CC(=O)N3CCC2. The molecule has 4 nitrogen and oxygen atoms in total. The number of piperidine rings is 1. The molecule has 1 amide bonds. The second-order valence-electron chi connectivity index (χ2n) is 7.12. The maximum atomic E-state index is 12.6. The van der Waals surface area contributed by atoms with Crippen LogP contribution in [0.15, 0.2) is 12.1 Å². The number of carbonyl (C=O) groups excluding carboxylic acids is 2. The Kier molecular flexibility index (Phi) is 3.93. The number of hydrogen-bond acceptors (Lipinski definition) is 3. The molecule has 4 rings (SSSR count). The summed E-state index contributed by atoms with van der Waals surface area (Å²) in [5.41, 5.74) is 4.20. The largest absolute Gasteiger partial charge is 0.317 e. The lowest BCUT2D eigenvalue weighted by atomic mass is 9.89. The summed E-state index contributed by atoms with van der Waals surface area (Å²) in [6, 6.07) is 4.03. The van der Waals surface area contributed by atoms with Gasteiger partial charge in [0.2, 0.25) is 5.91 Å². The summed E-state index contributed by atoms with van der Waals surface area (Å²) < 4.78 is 0. The number of nitrogens with zero attached hydrogens (tertiary/aromatic N) is 1. The van der Waals surface area contributed by atoms with Gasteiger partial charge in [-0.2, -0.15) is 0 Å². The third-order valence-electron chi connectivity index (χ3n) is 5.57. The van der Waals surface area contributed by atoms with Crippen LogP contribution in [-0.2, 0) is 17.6 Å². The molecular weight excluding hydrogens is 288 g/mol. The molecule has 1 fully saturated rings. The Morgan fingerprint density at radius 2 is 2.00 bits per heavy atom. The number of benzene rings is 1. The van der Waals surface area contributed by atoms with Crippen molar-refractivity contribution in [1.29, 1.82) is 0 Å². The van der Waals surface area contributed by atoms with Crippen LogP contribution in [0.2, 0.25) is 0 Å². The number of anilines is 1. The molecule has 0 atom stereocenters. The van der Waals surface area contributed by atoms with Crippen molar-refractivity contribution < 1.29 is 9.59 Å². The number of aryl methyl sites for hydroxylation is 1. The predicted octanol–water partition coefficient (Wildman–Crippen LogP) is 2.48. The Bertz CT molecular complexity index is 647. The maximum Gasteiger partial charge on any atom is 0.231 e. The van der Waals surface area contributed by atoms with Crippen LogP contribution in [0.1, 0.15) is 53.6 Å². The highest BCUT2D eigenvalue weighted by atomic mass is 16.2. The van der Waals surface area contributed by atoms with Gasteiger partial charge in [0.05, 0.1) is 12.1 Å². The third kappa shape index (κ3) is 2.80. The molecule has 23 heavy (non-hydrogen) atoms. The second kappa shape index (κ2) is 6.08. The van der Waals surface area contributed by atoms with E-state index in [9.17, 15) is 9.59 Å². The van der Waals surface area contributed by atoms with Gasteiger partial charge >= 0.3 is 0 Å². The van der Waals surface area contributed by atoms with Crippen LogP contribution in [0.3, 0.4) is 0 Å². The van der Waals surface area contributed by atoms with Crippen molar-refractivity contribution in [3.05, 3.63) is 28.8 Å². The first-order valence-electron chi connectivity index (χ1n) is 8.92. The number of ketones is 1. The van der Waals surface area contributed by atoms with Crippen LogP contribution in [0.5, 0.6) is 0 Å². The van der Waals surface area contributed by atoms with Crippen LogP contribution >= 0.6 is 0 Å². The zero-order valence-corrected chi connectivity index (χ0v) is 13.6. The fourth-order valence-electron chi connectivity index (χ4n) is 4.29. The molecular formula is C19H24N2O2. The molecule has 3 aliphatic rings. The Labute approximate surface area is 137 Å². The quantitative estimate of drug-likeness (QED) is 0.869. The fraction of sp³-hybridized carbons (Fsp3) is 0.579. The standard InChI is InChI=1S/C19H24N2O2/c22-17(4-3-13-5-7-20-8-6-13)15-10-14-2-1-9-21-18(23)12-16(11-15)19(14)21/h10-11,13,20H,1-9,12H2. The number of Topliss-reactive ketones (excluding diaryl/α,β-unsaturated/α-hetero) is 1. The Hall–Kier alpha value is -1.68. The van der Waals surface area contributed by atoms with E-state index in [1.54, 1.807) is 0 Å². The first-order chi connectivity index (χ1) is 11.2. The van der Waals surface area contributed by atoms with E-state index in [4.69, 9.17) is 0 Å². The van der Waals surface area contributed by atoms with Crippen molar-refractivity contribution in [2.75, 3.05) is 24.5 Å². The van der Waals surface area contributed by atoms with Crippen molar-refractivity contribution in [3.63, 3.8) is 0 Å². The first-order valence-corrected chi connectivity index (χ1v) is 8.92. The van der Waals surface area contributed by atoms with E-state index in [1.165, 1.54) is 18.4 Å². The average molecular weight is 312 g/mol. The van der Waals surface area contributed by atoms with Gasteiger partial charge in [0.15, 0.2) is 5.78 Å². The van der Waals surface area contributed by atoms with E-state index < -0.39 is 0 Å². The lowest BCUT2D eigenvalue weighted by molar-refractivity contribution is -0.117. The van der Waals surface area contributed by atoms with Gasteiger partial charge in [-0.3, -0.25) is 9.59 Å². The van der Waals surface area contributed by atoms with Crippen LogP contribution in [-0.4, -0.2) is 31.3 Å². The summed E-state index contributed by atoms with van der Waals surface area (Å²) >= 11 is 0. The summed E-state index contributed by atoms with van der Waals surface area (Å²) in [6.45, 7) is 3.00. The lowest BCUT2D eigenvalue weighted by Crippen LogP contribution is -2.31. The van der Waals surface area contributed by atoms with Crippen LogP contribution in [0.25, 0.3) is 0 Å². The van der Waals surface area contributed by atoms with Crippen LogP contribution < -0.4 is 10.2 Å². The van der Waals surface area contributed by atoms with Gasteiger partial charge in [0.25, 0.3) is 0 Å². The van der Waals surface area contributed by atoms with Gasteiger partial charge in [0.1, 0.15) is 0 Å². The number of amides is 1. The van der Waals surface area contributed by atoms with E-state index in [0.717, 1.165) is 55.7 Å². The number of carbonyl (C=O) groups is 2. The lowest BCUT2D eigenvalue weighted by Gasteiger charge is -2.26. The zero-order chi connectivity index (χ0) is 15.8.